The van der Waals surface area contributed by atoms with Crippen LogP contribution in [0.25, 0.3) is 0 Å². The van der Waals surface area contributed by atoms with Crippen LogP contribution in [0.1, 0.15) is 31.9 Å². The van der Waals surface area contributed by atoms with Gasteiger partial charge in [0.25, 0.3) is 5.91 Å². The molecule has 2 rings (SSSR count). The molecule has 122 valence electrons. The van der Waals surface area contributed by atoms with Gasteiger partial charge in [-0.1, -0.05) is 6.07 Å². The first-order chi connectivity index (χ1) is 10.8. The molecule has 1 heterocycles. The minimum absolute atomic E-state index is 0.0430. The van der Waals surface area contributed by atoms with Crippen molar-refractivity contribution in [2.45, 2.75) is 39.6 Å². The lowest BCUT2D eigenvalue weighted by Gasteiger charge is -2.38. The fraction of sp³-hybridized carbons (Fsp3) is 0.375. The second-order valence-corrected chi connectivity index (χ2v) is 6.26. The Balaban J connectivity index is 2.18. The Labute approximate surface area is 142 Å². The number of hydrogen-bond acceptors (Lipinski definition) is 4. The van der Waals surface area contributed by atoms with Gasteiger partial charge in [0, 0.05) is 11.6 Å². The summed E-state index contributed by atoms with van der Waals surface area (Å²) >= 11 is 3.25. The second-order valence-electron chi connectivity index (χ2n) is 5.47. The molecule has 0 radical (unpaired) electrons. The molecule has 7 heteroatoms. The van der Waals surface area contributed by atoms with Crippen LogP contribution < -0.4 is 5.32 Å². The SMILES string of the molecule is CC(C)N1C(=O)C(Br)=C(OCc2ccc(F)cc2C#N)NC1C. The Kier molecular flexibility index (Phi) is 5.26. The number of amides is 1. The third-order valence-corrected chi connectivity index (χ3v) is 4.20. The van der Waals surface area contributed by atoms with E-state index in [0.717, 1.165) is 6.07 Å². The molecular formula is C16H17BrFN3O2. The van der Waals surface area contributed by atoms with Crippen molar-refractivity contribution in [3.8, 4) is 6.07 Å². The van der Waals surface area contributed by atoms with Crippen molar-refractivity contribution in [2.24, 2.45) is 0 Å². The second kappa shape index (κ2) is 7.01. The van der Waals surface area contributed by atoms with E-state index in [9.17, 15) is 9.18 Å². The number of carbonyl (C=O) groups excluding carboxylic acids is 1. The molecule has 0 saturated heterocycles. The zero-order valence-corrected chi connectivity index (χ0v) is 14.6. The molecule has 5 nitrogen and oxygen atoms in total. The highest BCUT2D eigenvalue weighted by molar-refractivity contribution is 9.12. The highest BCUT2D eigenvalue weighted by Crippen LogP contribution is 2.24. The molecule has 0 spiro atoms. The minimum Gasteiger partial charge on any atom is -0.473 e. The molecule has 1 aromatic carbocycles. The van der Waals surface area contributed by atoms with Gasteiger partial charge in [0.1, 0.15) is 23.1 Å². The molecule has 1 atom stereocenters. The van der Waals surface area contributed by atoms with Crippen LogP contribution in [0.2, 0.25) is 0 Å². The quantitative estimate of drug-likeness (QED) is 0.870. The van der Waals surface area contributed by atoms with E-state index in [1.54, 1.807) is 4.90 Å². The summed E-state index contributed by atoms with van der Waals surface area (Å²) in [6, 6.07) is 5.90. The van der Waals surface area contributed by atoms with Crippen LogP contribution in [0, 0.1) is 17.1 Å². The lowest BCUT2D eigenvalue weighted by molar-refractivity contribution is -0.132. The van der Waals surface area contributed by atoms with Crippen molar-refractivity contribution in [1.29, 1.82) is 5.26 Å². The van der Waals surface area contributed by atoms with Crippen LogP contribution in [0.15, 0.2) is 28.6 Å². The number of benzene rings is 1. The van der Waals surface area contributed by atoms with Crippen molar-refractivity contribution in [2.75, 3.05) is 0 Å². The lowest BCUT2D eigenvalue weighted by atomic mass is 10.1. The number of carbonyl (C=O) groups is 1. The van der Waals surface area contributed by atoms with Crippen LogP contribution in [-0.2, 0) is 16.1 Å². The number of hydrogen-bond donors (Lipinski definition) is 1. The fourth-order valence-corrected chi connectivity index (χ4v) is 2.86. The van der Waals surface area contributed by atoms with Gasteiger partial charge in [0.15, 0.2) is 0 Å². The molecule has 0 saturated carbocycles. The summed E-state index contributed by atoms with van der Waals surface area (Å²) < 4.78 is 19.1. The number of rotatable bonds is 4. The molecule has 1 aliphatic heterocycles. The molecule has 1 aromatic rings. The van der Waals surface area contributed by atoms with Gasteiger partial charge in [-0.05, 0) is 48.8 Å². The maximum atomic E-state index is 13.1. The van der Waals surface area contributed by atoms with Crippen molar-refractivity contribution in [3.63, 3.8) is 0 Å². The molecule has 23 heavy (non-hydrogen) atoms. The molecule has 0 bridgehead atoms. The first-order valence-electron chi connectivity index (χ1n) is 7.15. The van der Waals surface area contributed by atoms with Crippen molar-refractivity contribution >= 4 is 21.8 Å². The first-order valence-corrected chi connectivity index (χ1v) is 7.94. The van der Waals surface area contributed by atoms with Crippen LogP contribution in [0.5, 0.6) is 0 Å². The van der Waals surface area contributed by atoms with E-state index >= 15 is 0 Å². The summed E-state index contributed by atoms with van der Waals surface area (Å²) in [4.78, 5) is 14.1. The predicted molar refractivity (Wildman–Crippen MR) is 86.4 cm³/mol. The van der Waals surface area contributed by atoms with Gasteiger partial charge in [-0.25, -0.2) is 4.39 Å². The fourth-order valence-electron chi connectivity index (χ4n) is 2.42. The number of ether oxygens (including phenoxy) is 1. The van der Waals surface area contributed by atoms with Gasteiger partial charge in [-0.3, -0.25) is 4.79 Å². The molecular weight excluding hydrogens is 365 g/mol. The largest absolute Gasteiger partial charge is 0.473 e. The summed E-state index contributed by atoms with van der Waals surface area (Å²) in [5, 5.41) is 12.1. The lowest BCUT2D eigenvalue weighted by Crippen LogP contribution is -2.54. The van der Waals surface area contributed by atoms with Crippen molar-refractivity contribution in [1.82, 2.24) is 10.2 Å². The average molecular weight is 382 g/mol. The standard InChI is InChI=1S/C16H17BrFN3O2/c1-9(2)21-10(3)20-15(14(17)16(21)22)23-8-11-4-5-13(18)6-12(11)7-19/h4-6,9-10,20H,8H2,1-3H3. The number of nitrogens with zero attached hydrogens (tertiary/aromatic N) is 2. The van der Waals surface area contributed by atoms with Crippen molar-refractivity contribution < 1.29 is 13.9 Å². The van der Waals surface area contributed by atoms with Gasteiger partial charge < -0.3 is 15.0 Å². The Morgan fingerprint density at radius 1 is 1.52 bits per heavy atom. The van der Waals surface area contributed by atoms with Crippen LogP contribution >= 0.6 is 15.9 Å². The van der Waals surface area contributed by atoms with E-state index in [-0.39, 0.29) is 30.3 Å². The minimum atomic E-state index is -0.474. The smallest absolute Gasteiger partial charge is 0.268 e. The summed E-state index contributed by atoms with van der Waals surface area (Å²) in [5.41, 5.74) is 0.760. The van der Waals surface area contributed by atoms with E-state index in [0.29, 0.717) is 15.9 Å². The molecule has 0 aromatic heterocycles. The average Bonchev–Trinajstić information content (AvgIpc) is 2.50. The Morgan fingerprint density at radius 3 is 2.83 bits per heavy atom. The van der Waals surface area contributed by atoms with E-state index in [2.05, 4.69) is 21.2 Å². The highest BCUT2D eigenvalue weighted by atomic mass is 79.9. The highest BCUT2D eigenvalue weighted by Gasteiger charge is 2.33. The maximum absolute atomic E-state index is 13.1. The molecule has 0 fully saturated rings. The molecule has 1 N–H and O–H groups in total. The third kappa shape index (κ3) is 3.64. The summed E-state index contributed by atoms with van der Waals surface area (Å²) in [6.45, 7) is 5.78. The molecule has 1 amide bonds. The van der Waals surface area contributed by atoms with E-state index in [1.165, 1.54) is 12.1 Å². The maximum Gasteiger partial charge on any atom is 0.268 e. The summed E-state index contributed by atoms with van der Waals surface area (Å²) in [7, 11) is 0. The Morgan fingerprint density at radius 2 is 2.22 bits per heavy atom. The Bertz CT molecular complexity index is 697. The van der Waals surface area contributed by atoms with Crippen LogP contribution in [0.4, 0.5) is 4.39 Å². The van der Waals surface area contributed by atoms with Crippen LogP contribution in [-0.4, -0.2) is 23.0 Å². The summed E-state index contributed by atoms with van der Waals surface area (Å²) in [6.07, 6.45) is -0.220. The summed E-state index contributed by atoms with van der Waals surface area (Å²) in [5.74, 6) is -0.327. The van der Waals surface area contributed by atoms with Gasteiger partial charge >= 0.3 is 0 Å². The molecule has 0 aliphatic carbocycles. The topological polar surface area (TPSA) is 65.4 Å². The third-order valence-electron chi connectivity index (χ3n) is 3.50. The number of halogens is 2. The first kappa shape index (κ1) is 17.3. The molecule has 1 aliphatic rings. The normalized spacial score (nSPS) is 18.0. The molecule has 1 unspecified atom stereocenters. The van der Waals surface area contributed by atoms with Crippen LogP contribution in [0.3, 0.4) is 0 Å². The van der Waals surface area contributed by atoms with E-state index in [4.69, 9.17) is 10.00 Å². The van der Waals surface area contributed by atoms with Gasteiger partial charge in [-0.2, -0.15) is 5.26 Å². The number of nitriles is 1. The van der Waals surface area contributed by atoms with Gasteiger partial charge in [0.05, 0.1) is 11.6 Å². The van der Waals surface area contributed by atoms with E-state index < -0.39 is 5.82 Å². The zero-order valence-electron chi connectivity index (χ0n) is 13.1. The van der Waals surface area contributed by atoms with Gasteiger partial charge in [-0.15, -0.1) is 0 Å². The van der Waals surface area contributed by atoms with Crippen molar-refractivity contribution in [3.05, 3.63) is 45.5 Å². The van der Waals surface area contributed by atoms with E-state index in [1.807, 2.05) is 26.8 Å². The zero-order chi connectivity index (χ0) is 17.1. The predicted octanol–water partition coefficient (Wildman–Crippen LogP) is 2.96. The Hall–Kier alpha value is -2.07. The van der Waals surface area contributed by atoms with Gasteiger partial charge in [0.2, 0.25) is 5.88 Å². The number of nitrogens with one attached hydrogen (secondary N) is 1. The monoisotopic (exact) mass is 381 g/mol.